The zero-order valence-corrected chi connectivity index (χ0v) is 13.6. The number of carboxylic acids is 1. The third kappa shape index (κ3) is 6.49. The smallest absolute Gasteiger partial charge is 0.309 e. The van der Waals surface area contributed by atoms with Crippen molar-refractivity contribution in [3.8, 4) is 0 Å². The van der Waals surface area contributed by atoms with Crippen LogP contribution in [0.5, 0.6) is 0 Å². The molecule has 122 valence electrons. The largest absolute Gasteiger partial charge is 0.481 e. The highest BCUT2D eigenvalue weighted by molar-refractivity contribution is 5.74. The molecule has 0 heterocycles. The molecular weight excluding hydrogens is 268 g/mol. The number of ether oxygens (including phenoxy) is 1. The number of carboxylic acid groups (broad SMARTS) is 1. The summed E-state index contributed by atoms with van der Waals surface area (Å²) in [5.41, 5.74) is 0. The molecule has 0 saturated heterocycles. The Morgan fingerprint density at radius 2 is 1.71 bits per heavy atom. The second-order valence-corrected chi connectivity index (χ2v) is 6.72. The Bertz CT molecular complexity index is 330. The van der Waals surface area contributed by atoms with Crippen LogP contribution in [0, 0.1) is 17.8 Å². The summed E-state index contributed by atoms with van der Waals surface area (Å²) in [5.74, 6) is -0.706. The van der Waals surface area contributed by atoms with E-state index in [0.29, 0.717) is 31.6 Å². The van der Waals surface area contributed by atoms with E-state index in [1.807, 2.05) is 0 Å². The van der Waals surface area contributed by atoms with Gasteiger partial charge in [-0.1, -0.05) is 33.6 Å². The lowest BCUT2D eigenvalue weighted by Gasteiger charge is -2.27. The highest BCUT2D eigenvalue weighted by atomic mass is 16.5. The first kappa shape index (κ1) is 18.0. The van der Waals surface area contributed by atoms with Gasteiger partial charge >= 0.3 is 11.9 Å². The standard InChI is InChI=1S/C17H30O4/c1-4-5-6-15(11-12(2)3)21-17(20)14-9-7-13(8-10-14)16(18)19/h12-15H,4-11H2,1-3H3,(H,18,19). The first-order chi connectivity index (χ1) is 9.93. The predicted molar refractivity (Wildman–Crippen MR) is 81.9 cm³/mol. The maximum atomic E-state index is 12.3. The number of unbranched alkanes of at least 4 members (excludes halogenated alkanes) is 1. The molecule has 1 fully saturated rings. The van der Waals surface area contributed by atoms with Crippen molar-refractivity contribution in [3.05, 3.63) is 0 Å². The van der Waals surface area contributed by atoms with Gasteiger partial charge in [-0.15, -0.1) is 0 Å². The summed E-state index contributed by atoms with van der Waals surface area (Å²) in [6.45, 7) is 6.43. The van der Waals surface area contributed by atoms with Gasteiger partial charge in [0, 0.05) is 0 Å². The molecule has 0 aromatic carbocycles. The second kappa shape index (κ2) is 9.06. The molecule has 0 aromatic rings. The number of carbonyl (C=O) groups is 2. The van der Waals surface area contributed by atoms with Crippen LogP contribution in [0.3, 0.4) is 0 Å². The first-order valence-electron chi connectivity index (χ1n) is 8.37. The summed E-state index contributed by atoms with van der Waals surface area (Å²) in [5, 5.41) is 8.99. The molecule has 0 amide bonds. The van der Waals surface area contributed by atoms with Crippen LogP contribution < -0.4 is 0 Å². The van der Waals surface area contributed by atoms with Gasteiger partial charge in [0.1, 0.15) is 6.10 Å². The van der Waals surface area contributed by atoms with E-state index in [1.165, 1.54) is 0 Å². The molecule has 4 nitrogen and oxygen atoms in total. The van der Waals surface area contributed by atoms with Gasteiger partial charge in [0.25, 0.3) is 0 Å². The van der Waals surface area contributed by atoms with Crippen molar-refractivity contribution < 1.29 is 19.4 Å². The minimum absolute atomic E-state index is 0.0228. The lowest BCUT2D eigenvalue weighted by Crippen LogP contribution is -2.30. The molecule has 1 aliphatic rings. The van der Waals surface area contributed by atoms with Crippen LogP contribution in [0.15, 0.2) is 0 Å². The van der Waals surface area contributed by atoms with Crippen LogP contribution in [0.2, 0.25) is 0 Å². The fourth-order valence-electron chi connectivity index (χ4n) is 3.02. The Labute approximate surface area is 128 Å². The van der Waals surface area contributed by atoms with E-state index < -0.39 is 5.97 Å². The zero-order valence-electron chi connectivity index (χ0n) is 13.6. The number of hydrogen-bond donors (Lipinski definition) is 1. The second-order valence-electron chi connectivity index (χ2n) is 6.72. The third-order valence-corrected chi connectivity index (χ3v) is 4.31. The van der Waals surface area contributed by atoms with Crippen molar-refractivity contribution in [2.75, 3.05) is 0 Å². The van der Waals surface area contributed by atoms with Crippen LogP contribution in [0.1, 0.15) is 72.1 Å². The molecule has 4 heteroatoms. The van der Waals surface area contributed by atoms with E-state index in [4.69, 9.17) is 9.84 Å². The fraction of sp³-hybridized carbons (Fsp3) is 0.882. The maximum Gasteiger partial charge on any atom is 0.309 e. The highest BCUT2D eigenvalue weighted by Crippen LogP contribution is 2.30. The summed E-state index contributed by atoms with van der Waals surface area (Å²) >= 11 is 0. The predicted octanol–water partition coefficient (Wildman–Crippen LogP) is 4.03. The molecule has 0 spiro atoms. The van der Waals surface area contributed by atoms with Crippen LogP contribution in [0.4, 0.5) is 0 Å². The lowest BCUT2D eigenvalue weighted by atomic mass is 9.82. The first-order valence-corrected chi connectivity index (χ1v) is 8.37. The third-order valence-electron chi connectivity index (χ3n) is 4.31. The Balaban J connectivity index is 2.44. The zero-order chi connectivity index (χ0) is 15.8. The van der Waals surface area contributed by atoms with Crippen molar-refractivity contribution >= 4 is 11.9 Å². The van der Waals surface area contributed by atoms with Gasteiger partial charge in [0.05, 0.1) is 11.8 Å². The van der Waals surface area contributed by atoms with Crippen LogP contribution in [-0.4, -0.2) is 23.1 Å². The highest BCUT2D eigenvalue weighted by Gasteiger charge is 2.31. The van der Waals surface area contributed by atoms with Crippen LogP contribution in [-0.2, 0) is 14.3 Å². The average molecular weight is 298 g/mol. The summed E-state index contributed by atoms with van der Waals surface area (Å²) in [4.78, 5) is 23.2. The molecule has 1 unspecified atom stereocenters. The monoisotopic (exact) mass is 298 g/mol. The number of hydrogen-bond acceptors (Lipinski definition) is 3. The summed E-state index contributed by atoms with van der Waals surface area (Å²) in [6, 6.07) is 0. The van der Waals surface area contributed by atoms with Gasteiger partial charge in [-0.2, -0.15) is 0 Å². The minimum atomic E-state index is -0.734. The molecule has 1 saturated carbocycles. The van der Waals surface area contributed by atoms with Gasteiger partial charge < -0.3 is 9.84 Å². The Morgan fingerprint density at radius 3 is 2.19 bits per heavy atom. The topological polar surface area (TPSA) is 63.6 Å². The molecule has 0 radical (unpaired) electrons. The molecule has 0 bridgehead atoms. The van der Waals surface area contributed by atoms with Crippen molar-refractivity contribution in [2.45, 2.75) is 78.2 Å². The van der Waals surface area contributed by atoms with Gasteiger partial charge in [-0.3, -0.25) is 9.59 Å². The van der Waals surface area contributed by atoms with E-state index in [-0.39, 0.29) is 23.9 Å². The SMILES string of the molecule is CCCCC(CC(C)C)OC(=O)C1CCC(C(=O)O)CC1. The average Bonchev–Trinajstić information content (AvgIpc) is 2.44. The van der Waals surface area contributed by atoms with Crippen LogP contribution in [0.25, 0.3) is 0 Å². The maximum absolute atomic E-state index is 12.3. The van der Waals surface area contributed by atoms with E-state index in [0.717, 1.165) is 25.7 Å². The summed E-state index contributed by atoms with van der Waals surface area (Å²) < 4.78 is 5.71. The van der Waals surface area contributed by atoms with Gasteiger partial charge in [0.15, 0.2) is 0 Å². The van der Waals surface area contributed by atoms with Crippen molar-refractivity contribution in [3.63, 3.8) is 0 Å². The Hall–Kier alpha value is -1.06. The lowest BCUT2D eigenvalue weighted by molar-refractivity contribution is -0.158. The number of rotatable bonds is 8. The molecule has 0 aromatic heterocycles. The molecule has 1 aliphatic carbocycles. The van der Waals surface area contributed by atoms with Gasteiger partial charge in [-0.05, 0) is 44.4 Å². The quantitative estimate of drug-likeness (QED) is 0.687. The molecular formula is C17H30O4. The number of aliphatic carboxylic acids is 1. The minimum Gasteiger partial charge on any atom is -0.481 e. The Kier molecular flexibility index (Phi) is 7.76. The molecule has 1 atom stereocenters. The van der Waals surface area contributed by atoms with Crippen LogP contribution >= 0.6 is 0 Å². The normalized spacial score (nSPS) is 23.8. The van der Waals surface area contributed by atoms with E-state index in [1.54, 1.807) is 0 Å². The number of carbonyl (C=O) groups excluding carboxylic acids is 1. The van der Waals surface area contributed by atoms with E-state index in [2.05, 4.69) is 20.8 Å². The van der Waals surface area contributed by atoms with Gasteiger partial charge in [-0.25, -0.2) is 0 Å². The van der Waals surface area contributed by atoms with Gasteiger partial charge in [0.2, 0.25) is 0 Å². The molecule has 1 rings (SSSR count). The number of esters is 1. The van der Waals surface area contributed by atoms with Crippen molar-refractivity contribution in [1.82, 2.24) is 0 Å². The fourth-order valence-corrected chi connectivity index (χ4v) is 3.02. The Morgan fingerprint density at radius 1 is 1.14 bits per heavy atom. The molecule has 21 heavy (non-hydrogen) atoms. The van der Waals surface area contributed by atoms with E-state index in [9.17, 15) is 9.59 Å². The molecule has 0 aliphatic heterocycles. The summed E-state index contributed by atoms with van der Waals surface area (Å²) in [6.07, 6.45) is 6.55. The van der Waals surface area contributed by atoms with E-state index >= 15 is 0 Å². The molecule has 1 N–H and O–H groups in total. The van der Waals surface area contributed by atoms with Crippen molar-refractivity contribution in [2.24, 2.45) is 17.8 Å². The summed E-state index contributed by atoms with van der Waals surface area (Å²) in [7, 11) is 0. The van der Waals surface area contributed by atoms with Crippen molar-refractivity contribution in [1.29, 1.82) is 0 Å².